The van der Waals surface area contributed by atoms with Gasteiger partial charge in [-0.15, -0.1) is 68.0 Å². The van der Waals surface area contributed by atoms with Gasteiger partial charge in [-0.3, -0.25) is 0 Å². The quantitative estimate of drug-likeness (QED) is 0.0419. The van der Waals surface area contributed by atoms with E-state index in [-0.39, 0.29) is 18.3 Å². The zero-order chi connectivity index (χ0) is 49.9. The molecule has 0 unspecified atom stereocenters. The van der Waals surface area contributed by atoms with Gasteiger partial charge in [0.25, 0.3) is 0 Å². The fraction of sp³-hybridized carbons (Fsp3) is 0.517. The molecule has 8 heterocycles. The van der Waals surface area contributed by atoms with E-state index >= 15 is 0 Å². The van der Waals surface area contributed by atoms with Crippen LogP contribution in [-0.4, -0.2) is 18.3 Å². The monoisotopic (exact) mass is 1200 g/mol. The summed E-state index contributed by atoms with van der Waals surface area (Å²) in [5.74, 6) is 0. The predicted octanol–water partition coefficient (Wildman–Crippen LogP) is 22.5. The van der Waals surface area contributed by atoms with Crippen LogP contribution in [0.3, 0.4) is 0 Å². The Bertz CT molecular complexity index is 2350. The van der Waals surface area contributed by atoms with Crippen LogP contribution in [0.15, 0.2) is 84.4 Å². The maximum Gasteiger partial charge on any atom is 0.505 e. The van der Waals surface area contributed by atoms with Crippen LogP contribution in [0.4, 0.5) is 0 Å². The molecule has 0 N–H and O–H groups in total. The van der Waals surface area contributed by atoms with Crippen LogP contribution in [-0.2, 0) is 35.0 Å². The third-order valence-corrected chi connectivity index (χ3v) is 22.4. The molecule has 0 bridgehead atoms. The van der Waals surface area contributed by atoms with Crippen LogP contribution in [0.5, 0.6) is 0 Å². The van der Waals surface area contributed by atoms with Gasteiger partial charge in [-0.1, -0.05) is 129 Å². The Labute approximate surface area is 468 Å². The van der Waals surface area contributed by atoms with Crippen molar-refractivity contribution in [1.29, 1.82) is 0 Å². The Morgan fingerprint density at radius 1 is 0.414 bits per heavy atom. The fourth-order valence-electron chi connectivity index (χ4n) is 8.59. The van der Waals surface area contributed by atoms with E-state index in [1.807, 2.05) is 85.5 Å². The maximum atomic E-state index is 5.90. The van der Waals surface area contributed by atoms with E-state index in [1.54, 1.807) is 32.2 Å². The van der Waals surface area contributed by atoms with Gasteiger partial charge in [0.1, 0.15) is 0 Å². The third kappa shape index (κ3) is 16.9. The highest BCUT2D eigenvalue weighted by Crippen LogP contribution is 2.48. The number of unbranched alkanes of at least 4 members (excludes halogenated alkanes) is 12. The summed E-state index contributed by atoms with van der Waals surface area (Å²) >= 11 is 20.7. The largest absolute Gasteiger partial charge is 0.505 e. The second kappa shape index (κ2) is 29.8. The Balaban J connectivity index is 0.000000186. The molecule has 70 heavy (non-hydrogen) atoms. The molecule has 1 aliphatic heterocycles. The zero-order valence-corrected chi connectivity index (χ0v) is 52.0. The summed E-state index contributed by atoms with van der Waals surface area (Å²) < 4.78 is 15.5. The lowest BCUT2D eigenvalue weighted by molar-refractivity contribution is 0.00578. The molecule has 0 aliphatic carbocycles. The lowest BCUT2D eigenvalue weighted by atomic mass is 9.88. The molecule has 2 nitrogen and oxygen atoms in total. The van der Waals surface area contributed by atoms with Crippen molar-refractivity contribution in [1.82, 2.24) is 0 Å². The van der Waals surface area contributed by atoms with Crippen LogP contribution in [0, 0.1) is 0 Å². The highest BCUT2D eigenvalue weighted by molar-refractivity contribution is 9.11. The van der Waals surface area contributed by atoms with Crippen molar-refractivity contribution in [2.24, 2.45) is 0 Å². The molecule has 0 aromatic carbocycles. The molecule has 380 valence electrons. The first-order valence-electron chi connectivity index (χ1n) is 26.2. The van der Waals surface area contributed by atoms with Crippen molar-refractivity contribution in [2.75, 3.05) is 0 Å². The van der Waals surface area contributed by atoms with E-state index < -0.39 is 0 Å². The second-order valence-corrected chi connectivity index (χ2v) is 29.4. The standard InChI is InChI=1S/C28H34S4.C20H28Br2S2.C10H15BO2S/c1-3-5-7-9-13-21-19-25(23-15-11-17-29-23)31-27(21)28-22(14-10-8-6-4-2)20-26(32-28)24-16-12-18-30-24;1-3-5-7-9-11-15-13-17(21)23-19(15)20-16(14-18(22)24-20)12-10-8-6-4-2;1-9(2)10(3,4)13-11(12-9)8-6-5-7-14-8/h11-12,15-20H,3-10,13-14H2,1-2H3;13-14H,3-12H2,1-2H3;5-7H,1-4H3. The summed E-state index contributed by atoms with van der Waals surface area (Å²) in [5.41, 5.74) is 5.75. The molecule has 1 saturated heterocycles. The minimum absolute atomic E-state index is 0.194. The maximum absolute atomic E-state index is 5.90. The van der Waals surface area contributed by atoms with Crippen molar-refractivity contribution in [3.8, 4) is 39.0 Å². The van der Waals surface area contributed by atoms with Gasteiger partial charge in [-0.05, 0) is 186 Å². The smallest absolute Gasteiger partial charge is 0.399 e. The number of rotatable bonds is 25. The minimum Gasteiger partial charge on any atom is -0.399 e. The topological polar surface area (TPSA) is 18.5 Å². The van der Waals surface area contributed by atoms with Crippen molar-refractivity contribution in [3.05, 3.63) is 107 Å². The van der Waals surface area contributed by atoms with E-state index in [4.69, 9.17) is 9.31 Å². The summed E-state index contributed by atoms with van der Waals surface area (Å²) in [5, 5.41) is 6.45. The highest BCUT2D eigenvalue weighted by atomic mass is 79.9. The number of hydrogen-bond donors (Lipinski definition) is 0. The van der Waals surface area contributed by atoms with Gasteiger partial charge in [0.2, 0.25) is 0 Å². The molecule has 0 radical (unpaired) electrons. The normalized spacial score (nSPS) is 13.9. The van der Waals surface area contributed by atoms with E-state index in [9.17, 15) is 0 Å². The summed E-state index contributed by atoms with van der Waals surface area (Å²) in [6.45, 7) is 17.4. The predicted molar refractivity (Wildman–Crippen MR) is 329 cm³/mol. The Kier molecular flexibility index (Phi) is 24.7. The molecule has 0 saturated carbocycles. The van der Waals surface area contributed by atoms with E-state index in [2.05, 4.69) is 147 Å². The minimum atomic E-state index is -0.234. The van der Waals surface area contributed by atoms with Crippen LogP contribution in [0.25, 0.3) is 39.0 Å². The van der Waals surface area contributed by atoms with Crippen LogP contribution < -0.4 is 4.78 Å². The highest BCUT2D eigenvalue weighted by Gasteiger charge is 2.52. The Morgan fingerprint density at radius 2 is 0.757 bits per heavy atom. The average molecular weight is 1200 g/mol. The molecule has 0 amide bonds. The number of hydrogen-bond acceptors (Lipinski definition) is 9. The Morgan fingerprint density at radius 3 is 1.09 bits per heavy atom. The lowest BCUT2D eigenvalue weighted by Crippen LogP contribution is -2.41. The van der Waals surface area contributed by atoms with E-state index in [0.717, 1.165) is 4.78 Å². The van der Waals surface area contributed by atoms with Crippen molar-refractivity contribution in [2.45, 2.75) is 195 Å². The summed E-state index contributed by atoms with van der Waals surface area (Å²) in [4.78, 5) is 11.8. The van der Waals surface area contributed by atoms with Gasteiger partial charge >= 0.3 is 7.12 Å². The van der Waals surface area contributed by atoms with E-state index in [0.29, 0.717) is 0 Å². The van der Waals surface area contributed by atoms with Crippen molar-refractivity contribution in [3.63, 3.8) is 0 Å². The Hall–Kier alpha value is -1.16. The molecule has 7 aromatic rings. The van der Waals surface area contributed by atoms with Gasteiger partial charge in [0.15, 0.2) is 0 Å². The van der Waals surface area contributed by atoms with Crippen LogP contribution in [0.2, 0.25) is 0 Å². The van der Waals surface area contributed by atoms with Crippen LogP contribution in [0.1, 0.15) is 180 Å². The molecular formula is C58H77BBr2O2S7. The van der Waals surface area contributed by atoms with Gasteiger partial charge in [-0.25, -0.2) is 0 Å². The summed E-state index contributed by atoms with van der Waals surface area (Å²) in [6, 6.07) is 22.7. The first-order valence-corrected chi connectivity index (χ1v) is 33.7. The van der Waals surface area contributed by atoms with Gasteiger partial charge < -0.3 is 9.31 Å². The first kappa shape index (κ1) is 58.1. The van der Waals surface area contributed by atoms with E-state index in [1.165, 1.54) is 176 Å². The van der Waals surface area contributed by atoms with Gasteiger partial charge in [0, 0.05) is 43.8 Å². The molecular weight excluding hydrogens is 1120 g/mol. The molecule has 0 atom stereocenters. The summed E-state index contributed by atoms with van der Waals surface area (Å²) in [6.07, 6.45) is 26.1. The number of thiophene rings is 7. The number of halogens is 2. The van der Waals surface area contributed by atoms with Crippen LogP contribution >= 0.6 is 111 Å². The molecule has 1 fully saturated rings. The van der Waals surface area contributed by atoms with Gasteiger partial charge in [0.05, 0.1) is 18.8 Å². The molecule has 12 heteroatoms. The summed E-state index contributed by atoms with van der Waals surface area (Å²) in [7, 11) is -0.194. The first-order chi connectivity index (χ1) is 33.9. The van der Waals surface area contributed by atoms with Gasteiger partial charge in [-0.2, -0.15) is 11.3 Å². The lowest BCUT2D eigenvalue weighted by Gasteiger charge is -2.32. The van der Waals surface area contributed by atoms with Crippen molar-refractivity contribution >= 4 is 123 Å². The molecule has 8 rings (SSSR count). The molecule has 7 aromatic heterocycles. The second-order valence-electron chi connectivity index (χ2n) is 19.5. The number of aryl methyl sites for hydroxylation is 4. The fourth-order valence-corrected chi connectivity index (χ4v) is 17.1. The molecule has 0 spiro atoms. The molecule has 1 aliphatic rings. The van der Waals surface area contributed by atoms with Crippen molar-refractivity contribution < 1.29 is 9.31 Å². The SMILES string of the molecule is CC1(C)OB(c2cccs2)OC1(C)C.CCCCCCc1cc(-c2cccs2)sc1-c1sc(-c2cccs2)cc1CCCCCC.CCCCCCc1cc(Br)sc1-c1sc(Br)cc1CCCCCC. The average Bonchev–Trinajstić information content (AvgIpc) is 4.19. The third-order valence-electron chi connectivity index (χ3n) is 13.3. The zero-order valence-electron chi connectivity index (χ0n) is 43.2.